The standard InChI is InChI=1S/C12H28N2O2/c1-10(8-13)12(3)14(6-7-15-4)11(2)9-16-5/h10-12H,6-9,13H2,1-5H3. The molecule has 98 valence electrons. The molecule has 0 fully saturated rings. The summed E-state index contributed by atoms with van der Waals surface area (Å²) < 4.78 is 10.4. The van der Waals surface area contributed by atoms with Crippen molar-refractivity contribution in [2.45, 2.75) is 32.9 Å². The van der Waals surface area contributed by atoms with E-state index in [9.17, 15) is 0 Å². The first-order valence-electron chi connectivity index (χ1n) is 6.02. The minimum Gasteiger partial charge on any atom is -0.383 e. The van der Waals surface area contributed by atoms with Crippen LogP contribution in [-0.4, -0.2) is 57.5 Å². The molecule has 0 aliphatic heterocycles. The minimum absolute atomic E-state index is 0.393. The van der Waals surface area contributed by atoms with Crippen LogP contribution in [0.15, 0.2) is 0 Å². The average molecular weight is 232 g/mol. The third-order valence-corrected chi connectivity index (χ3v) is 3.25. The maximum absolute atomic E-state index is 5.72. The Labute approximate surface area is 100 Å². The van der Waals surface area contributed by atoms with Crippen molar-refractivity contribution in [3.63, 3.8) is 0 Å². The van der Waals surface area contributed by atoms with Crippen LogP contribution in [0.3, 0.4) is 0 Å². The number of rotatable bonds is 9. The van der Waals surface area contributed by atoms with E-state index in [4.69, 9.17) is 15.2 Å². The fourth-order valence-corrected chi connectivity index (χ4v) is 1.88. The molecule has 0 amide bonds. The number of hydrogen-bond donors (Lipinski definition) is 1. The molecule has 0 rings (SSSR count). The predicted molar refractivity (Wildman–Crippen MR) is 67.6 cm³/mol. The zero-order valence-corrected chi connectivity index (χ0v) is 11.4. The molecule has 4 nitrogen and oxygen atoms in total. The Hall–Kier alpha value is -0.160. The third-order valence-electron chi connectivity index (χ3n) is 3.25. The molecule has 2 N–H and O–H groups in total. The molecule has 0 spiro atoms. The number of nitrogens with two attached hydrogens (primary N) is 1. The molecule has 0 bridgehead atoms. The van der Waals surface area contributed by atoms with Gasteiger partial charge in [-0.2, -0.15) is 0 Å². The summed E-state index contributed by atoms with van der Waals surface area (Å²) in [7, 11) is 3.47. The maximum atomic E-state index is 5.72. The number of methoxy groups -OCH3 is 2. The Bertz CT molecular complexity index is 167. The molecule has 0 aromatic carbocycles. The molecular weight excluding hydrogens is 204 g/mol. The van der Waals surface area contributed by atoms with Gasteiger partial charge in [-0.25, -0.2) is 0 Å². The van der Waals surface area contributed by atoms with Gasteiger partial charge in [-0.3, -0.25) is 4.90 Å². The van der Waals surface area contributed by atoms with Gasteiger partial charge in [0.2, 0.25) is 0 Å². The lowest BCUT2D eigenvalue weighted by atomic mass is 10.0. The van der Waals surface area contributed by atoms with E-state index >= 15 is 0 Å². The second-order valence-corrected chi connectivity index (χ2v) is 4.49. The quantitative estimate of drug-likeness (QED) is 0.643. The second kappa shape index (κ2) is 8.93. The maximum Gasteiger partial charge on any atom is 0.0615 e. The number of ether oxygens (including phenoxy) is 2. The number of hydrogen-bond acceptors (Lipinski definition) is 4. The summed E-state index contributed by atoms with van der Waals surface area (Å²) in [5, 5.41) is 0. The van der Waals surface area contributed by atoms with Crippen LogP contribution in [0.2, 0.25) is 0 Å². The summed E-state index contributed by atoms with van der Waals surface area (Å²) in [6.07, 6.45) is 0. The Morgan fingerprint density at radius 2 is 1.75 bits per heavy atom. The van der Waals surface area contributed by atoms with Crippen molar-refractivity contribution in [1.29, 1.82) is 0 Å². The van der Waals surface area contributed by atoms with Crippen LogP contribution in [0.4, 0.5) is 0 Å². The highest BCUT2D eigenvalue weighted by Gasteiger charge is 2.23. The van der Waals surface area contributed by atoms with Crippen molar-refractivity contribution in [3.05, 3.63) is 0 Å². The minimum atomic E-state index is 0.393. The molecule has 0 heterocycles. The molecule has 3 unspecified atom stereocenters. The first kappa shape index (κ1) is 15.8. The van der Waals surface area contributed by atoms with Gasteiger partial charge in [-0.15, -0.1) is 0 Å². The smallest absolute Gasteiger partial charge is 0.0615 e. The molecule has 0 saturated carbocycles. The Balaban J connectivity index is 4.38. The van der Waals surface area contributed by atoms with E-state index in [0.29, 0.717) is 24.5 Å². The fraction of sp³-hybridized carbons (Fsp3) is 1.00. The summed E-state index contributed by atoms with van der Waals surface area (Å²) in [6.45, 7) is 9.71. The van der Waals surface area contributed by atoms with E-state index in [1.165, 1.54) is 0 Å². The van der Waals surface area contributed by atoms with Gasteiger partial charge in [-0.1, -0.05) is 6.92 Å². The zero-order chi connectivity index (χ0) is 12.6. The average Bonchev–Trinajstić information content (AvgIpc) is 2.28. The molecule has 0 radical (unpaired) electrons. The topological polar surface area (TPSA) is 47.7 Å². The van der Waals surface area contributed by atoms with E-state index in [2.05, 4.69) is 25.7 Å². The predicted octanol–water partition coefficient (Wildman–Crippen LogP) is 0.953. The summed E-state index contributed by atoms with van der Waals surface area (Å²) >= 11 is 0. The Kier molecular flexibility index (Phi) is 8.84. The Morgan fingerprint density at radius 1 is 1.12 bits per heavy atom. The highest BCUT2D eigenvalue weighted by Crippen LogP contribution is 2.13. The normalized spacial score (nSPS) is 17.4. The molecule has 0 aliphatic rings. The lowest BCUT2D eigenvalue weighted by molar-refractivity contribution is 0.0374. The third kappa shape index (κ3) is 5.25. The van der Waals surface area contributed by atoms with Gasteiger partial charge >= 0.3 is 0 Å². The number of nitrogens with zero attached hydrogens (tertiary/aromatic N) is 1. The van der Waals surface area contributed by atoms with Crippen LogP contribution < -0.4 is 5.73 Å². The van der Waals surface area contributed by atoms with Crippen LogP contribution >= 0.6 is 0 Å². The van der Waals surface area contributed by atoms with E-state index in [1.807, 2.05) is 0 Å². The van der Waals surface area contributed by atoms with Crippen LogP contribution in [0.5, 0.6) is 0 Å². The van der Waals surface area contributed by atoms with Crippen molar-refractivity contribution < 1.29 is 9.47 Å². The first-order valence-corrected chi connectivity index (χ1v) is 6.02. The molecule has 0 aromatic rings. The van der Waals surface area contributed by atoms with E-state index in [1.54, 1.807) is 14.2 Å². The fourth-order valence-electron chi connectivity index (χ4n) is 1.88. The van der Waals surface area contributed by atoms with Crippen LogP contribution in [0, 0.1) is 5.92 Å². The molecule has 3 atom stereocenters. The van der Waals surface area contributed by atoms with Gasteiger partial charge in [0.05, 0.1) is 13.2 Å². The summed E-state index contributed by atoms with van der Waals surface area (Å²) in [5.74, 6) is 0.483. The van der Waals surface area contributed by atoms with Crippen molar-refractivity contribution in [1.82, 2.24) is 4.90 Å². The van der Waals surface area contributed by atoms with Gasteiger partial charge in [0.1, 0.15) is 0 Å². The highest BCUT2D eigenvalue weighted by atomic mass is 16.5. The summed E-state index contributed by atoms with van der Waals surface area (Å²) in [4.78, 5) is 2.41. The Morgan fingerprint density at radius 3 is 2.19 bits per heavy atom. The van der Waals surface area contributed by atoms with Crippen molar-refractivity contribution in [3.8, 4) is 0 Å². The lowest BCUT2D eigenvalue weighted by Crippen LogP contribution is -2.48. The summed E-state index contributed by atoms with van der Waals surface area (Å²) in [6, 6.07) is 0.842. The summed E-state index contributed by atoms with van der Waals surface area (Å²) in [5.41, 5.74) is 5.72. The SMILES string of the molecule is COCCN(C(C)COC)C(C)C(C)CN. The van der Waals surface area contributed by atoms with Crippen molar-refractivity contribution >= 4 is 0 Å². The van der Waals surface area contributed by atoms with Gasteiger partial charge in [0.25, 0.3) is 0 Å². The molecule has 16 heavy (non-hydrogen) atoms. The van der Waals surface area contributed by atoms with Crippen LogP contribution in [-0.2, 0) is 9.47 Å². The molecule has 0 aliphatic carbocycles. The zero-order valence-electron chi connectivity index (χ0n) is 11.4. The molecule has 0 saturated heterocycles. The molecular formula is C12H28N2O2. The molecule has 4 heteroatoms. The van der Waals surface area contributed by atoms with Crippen LogP contribution in [0.25, 0.3) is 0 Å². The van der Waals surface area contributed by atoms with Crippen molar-refractivity contribution in [2.75, 3.05) is 40.5 Å². The van der Waals surface area contributed by atoms with Gasteiger partial charge in [-0.05, 0) is 26.3 Å². The van der Waals surface area contributed by atoms with Gasteiger partial charge in [0.15, 0.2) is 0 Å². The first-order chi connectivity index (χ1) is 7.58. The van der Waals surface area contributed by atoms with E-state index in [-0.39, 0.29) is 0 Å². The second-order valence-electron chi connectivity index (χ2n) is 4.49. The van der Waals surface area contributed by atoms with Crippen LogP contribution in [0.1, 0.15) is 20.8 Å². The lowest BCUT2D eigenvalue weighted by Gasteiger charge is -2.37. The van der Waals surface area contributed by atoms with E-state index < -0.39 is 0 Å². The van der Waals surface area contributed by atoms with Gasteiger partial charge in [0, 0.05) is 32.8 Å². The molecule has 0 aromatic heterocycles. The van der Waals surface area contributed by atoms with Crippen molar-refractivity contribution in [2.24, 2.45) is 11.7 Å². The largest absolute Gasteiger partial charge is 0.383 e. The monoisotopic (exact) mass is 232 g/mol. The highest BCUT2D eigenvalue weighted by molar-refractivity contribution is 4.78. The van der Waals surface area contributed by atoms with Gasteiger partial charge < -0.3 is 15.2 Å². The van der Waals surface area contributed by atoms with E-state index in [0.717, 1.165) is 19.8 Å².